The lowest BCUT2D eigenvalue weighted by molar-refractivity contribution is -0.134. The van der Waals surface area contributed by atoms with E-state index in [1.165, 1.54) is 0 Å². The number of nitriles is 1. The number of hydrogen-bond acceptors (Lipinski definition) is 7. The molecule has 1 aliphatic carbocycles. The average molecular weight is 436 g/mol. The number of amides is 1. The van der Waals surface area contributed by atoms with Crippen LogP contribution in [0.1, 0.15) is 43.4 Å². The van der Waals surface area contributed by atoms with Crippen LogP contribution in [0.3, 0.4) is 0 Å². The Bertz CT molecular complexity index is 1030. The van der Waals surface area contributed by atoms with Gasteiger partial charge >= 0.3 is 0 Å². The average Bonchev–Trinajstić information content (AvgIpc) is 3.67. The van der Waals surface area contributed by atoms with Gasteiger partial charge in [-0.2, -0.15) is 5.26 Å². The predicted molar refractivity (Wildman–Crippen MR) is 121 cm³/mol. The zero-order valence-electron chi connectivity index (χ0n) is 18.9. The van der Waals surface area contributed by atoms with Crippen molar-refractivity contribution in [2.24, 2.45) is 0 Å². The summed E-state index contributed by atoms with van der Waals surface area (Å²) < 4.78 is 10.5. The van der Waals surface area contributed by atoms with Gasteiger partial charge in [-0.1, -0.05) is 0 Å². The number of rotatable bonds is 7. The third-order valence-corrected chi connectivity index (χ3v) is 6.14. The van der Waals surface area contributed by atoms with Gasteiger partial charge in [-0.15, -0.1) is 0 Å². The molecular formula is C24H29N5O3. The van der Waals surface area contributed by atoms with Crippen LogP contribution in [0.25, 0.3) is 11.1 Å². The number of carbonyl (C=O) groups is 1. The van der Waals surface area contributed by atoms with E-state index in [0.29, 0.717) is 55.8 Å². The van der Waals surface area contributed by atoms with Gasteiger partial charge in [-0.25, -0.2) is 9.97 Å². The molecule has 0 N–H and O–H groups in total. The van der Waals surface area contributed by atoms with Crippen molar-refractivity contribution in [2.45, 2.75) is 38.1 Å². The molecule has 0 spiro atoms. The van der Waals surface area contributed by atoms with Crippen LogP contribution in [0.4, 0.5) is 5.82 Å². The standard InChI is InChI=1S/C24H29N5O3/c1-16-15-28(10-11-29(16)21(30)8-12-31-2)23-18(14-25)13-20(22(27-23)17-6-7-17)19-5-4-9-26-24(19)32-3/h4-5,9,13,16-17H,6-8,10-12,15H2,1-3H3/t16-/m1/s1. The Morgan fingerprint density at radius 3 is 2.75 bits per heavy atom. The summed E-state index contributed by atoms with van der Waals surface area (Å²) in [7, 11) is 3.20. The van der Waals surface area contributed by atoms with Gasteiger partial charge in [0.2, 0.25) is 11.8 Å². The third-order valence-electron chi connectivity index (χ3n) is 6.14. The van der Waals surface area contributed by atoms with Crippen LogP contribution >= 0.6 is 0 Å². The largest absolute Gasteiger partial charge is 0.481 e. The van der Waals surface area contributed by atoms with E-state index in [9.17, 15) is 10.1 Å². The van der Waals surface area contributed by atoms with Crippen molar-refractivity contribution in [2.75, 3.05) is 45.4 Å². The number of aromatic nitrogens is 2. The Labute approximate surface area is 188 Å². The van der Waals surface area contributed by atoms with Crippen molar-refractivity contribution >= 4 is 11.7 Å². The van der Waals surface area contributed by atoms with Gasteiger partial charge in [0.15, 0.2) is 0 Å². The van der Waals surface area contributed by atoms with Crippen LogP contribution < -0.4 is 9.64 Å². The molecular weight excluding hydrogens is 406 g/mol. The second-order valence-corrected chi connectivity index (χ2v) is 8.36. The minimum atomic E-state index is 0.0314. The highest BCUT2D eigenvalue weighted by molar-refractivity contribution is 5.78. The molecule has 0 unspecified atom stereocenters. The normalized spacial score (nSPS) is 18.4. The molecule has 2 aromatic heterocycles. The molecule has 3 heterocycles. The summed E-state index contributed by atoms with van der Waals surface area (Å²) in [5.74, 6) is 1.72. The van der Waals surface area contributed by atoms with Crippen molar-refractivity contribution in [3.8, 4) is 23.1 Å². The molecule has 8 heteroatoms. The first-order valence-electron chi connectivity index (χ1n) is 11.0. The maximum atomic E-state index is 12.5. The second-order valence-electron chi connectivity index (χ2n) is 8.36. The molecule has 0 radical (unpaired) electrons. The van der Waals surface area contributed by atoms with Crippen molar-refractivity contribution < 1.29 is 14.3 Å². The van der Waals surface area contributed by atoms with E-state index in [0.717, 1.165) is 29.7 Å². The lowest BCUT2D eigenvalue weighted by Gasteiger charge is -2.41. The fourth-order valence-corrected chi connectivity index (χ4v) is 4.34. The summed E-state index contributed by atoms with van der Waals surface area (Å²) >= 11 is 0. The van der Waals surface area contributed by atoms with E-state index < -0.39 is 0 Å². The van der Waals surface area contributed by atoms with E-state index in [1.54, 1.807) is 20.4 Å². The number of carbonyl (C=O) groups excluding carboxylic acids is 1. The number of anilines is 1. The predicted octanol–water partition coefficient (Wildman–Crippen LogP) is 2.97. The maximum absolute atomic E-state index is 12.5. The number of hydrogen-bond donors (Lipinski definition) is 0. The molecule has 4 rings (SSSR count). The van der Waals surface area contributed by atoms with Crippen LogP contribution in [0, 0.1) is 11.3 Å². The highest BCUT2D eigenvalue weighted by Gasteiger charge is 2.33. The zero-order valence-corrected chi connectivity index (χ0v) is 18.9. The number of piperazine rings is 1. The first-order chi connectivity index (χ1) is 15.6. The fourth-order valence-electron chi connectivity index (χ4n) is 4.34. The molecule has 0 aromatic carbocycles. The monoisotopic (exact) mass is 435 g/mol. The van der Waals surface area contributed by atoms with Crippen molar-refractivity contribution in [3.63, 3.8) is 0 Å². The first-order valence-corrected chi connectivity index (χ1v) is 11.0. The van der Waals surface area contributed by atoms with Crippen LogP contribution in [-0.4, -0.2) is 67.3 Å². The SMILES string of the molecule is COCCC(=O)N1CCN(c2nc(C3CC3)c(-c3cccnc3OC)cc2C#N)C[C@H]1C. The van der Waals surface area contributed by atoms with Gasteiger partial charge in [-0.3, -0.25) is 4.79 Å². The second kappa shape index (κ2) is 9.53. The summed E-state index contributed by atoms with van der Waals surface area (Å²) in [5.41, 5.74) is 3.30. The summed E-state index contributed by atoms with van der Waals surface area (Å²) in [4.78, 5) is 25.9. The van der Waals surface area contributed by atoms with Crippen molar-refractivity contribution in [3.05, 3.63) is 35.7 Å². The van der Waals surface area contributed by atoms with Gasteiger partial charge in [0.25, 0.3) is 0 Å². The van der Waals surface area contributed by atoms with Crippen LogP contribution in [0.15, 0.2) is 24.4 Å². The van der Waals surface area contributed by atoms with E-state index >= 15 is 0 Å². The topological polar surface area (TPSA) is 91.6 Å². The number of nitrogens with zero attached hydrogens (tertiary/aromatic N) is 5. The molecule has 168 valence electrons. The number of methoxy groups -OCH3 is 2. The molecule has 2 aliphatic rings. The summed E-state index contributed by atoms with van der Waals surface area (Å²) in [6, 6.07) is 8.13. The van der Waals surface area contributed by atoms with Crippen molar-refractivity contribution in [1.29, 1.82) is 5.26 Å². The number of pyridine rings is 2. The first kappa shape index (κ1) is 22.0. The minimum Gasteiger partial charge on any atom is -0.481 e. The summed E-state index contributed by atoms with van der Waals surface area (Å²) in [5, 5.41) is 9.95. The van der Waals surface area contributed by atoms with E-state index in [1.807, 2.05) is 30.0 Å². The van der Waals surface area contributed by atoms with Gasteiger partial charge in [0, 0.05) is 56.0 Å². The number of ether oxygens (including phenoxy) is 2. The Balaban J connectivity index is 1.65. The highest BCUT2D eigenvalue weighted by atomic mass is 16.5. The molecule has 8 nitrogen and oxygen atoms in total. The van der Waals surface area contributed by atoms with Crippen LogP contribution in [-0.2, 0) is 9.53 Å². The van der Waals surface area contributed by atoms with E-state index in [-0.39, 0.29) is 11.9 Å². The Morgan fingerprint density at radius 2 is 2.09 bits per heavy atom. The highest BCUT2D eigenvalue weighted by Crippen LogP contribution is 2.46. The quantitative estimate of drug-likeness (QED) is 0.660. The molecule has 0 bridgehead atoms. The zero-order chi connectivity index (χ0) is 22.7. The van der Waals surface area contributed by atoms with E-state index in [2.05, 4.69) is 16.0 Å². The molecule has 1 amide bonds. The Kier molecular flexibility index (Phi) is 6.56. The fraction of sp³-hybridized carbons (Fsp3) is 0.500. The van der Waals surface area contributed by atoms with Gasteiger partial charge in [-0.05, 0) is 38.0 Å². The smallest absolute Gasteiger partial charge is 0.225 e. The Morgan fingerprint density at radius 1 is 1.28 bits per heavy atom. The molecule has 1 atom stereocenters. The molecule has 1 saturated heterocycles. The summed E-state index contributed by atoms with van der Waals surface area (Å²) in [6.45, 7) is 4.35. The lowest BCUT2D eigenvalue weighted by Crippen LogP contribution is -2.54. The van der Waals surface area contributed by atoms with Gasteiger partial charge in [0.05, 0.1) is 31.4 Å². The van der Waals surface area contributed by atoms with E-state index in [4.69, 9.17) is 14.5 Å². The maximum Gasteiger partial charge on any atom is 0.225 e. The summed E-state index contributed by atoms with van der Waals surface area (Å²) in [6.07, 6.45) is 4.26. The van der Waals surface area contributed by atoms with Gasteiger partial charge in [0.1, 0.15) is 11.9 Å². The van der Waals surface area contributed by atoms with Crippen LogP contribution in [0.2, 0.25) is 0 Å². The minimum absolute atomic E-state index is 0.0314. The molecule has 2 aromatic rings. The molecule has 2 fully saturated rings. The molecule has 1 saturated carbocycles. The lowest BCUT2D eigenvalue weighted by atomic mass is 9.99. The third kappa shape index (κ3) is 4.39. The van der Waals surface area contributed by atoms with Crippen molar-refractivity contribution in [1.82, 2.24) is 14.9 Å². The molecule has 32 heavy (non-hydrogen) atoms. The van der Waals surface area contributed by atoms with Crippen LogP contribution in [0.5, 0.6) is 5.88 Å². The van der Waals surface area contributed by atoms with Gasteiger partial charge < -0.3 is 19.3 Å². The molecule has 1 aliphatic heterocycles. The Hall–Kier alpha value is -3.18.